The van der Waals surface area contributed by atoms with Crippen LogP contribution in [0.5, 0.6) is 0 Å². The fraction of sp³-hybridized carbons (Fsp3) is 0. The van der Waals surface area contributed by atoms with E-state index in [9.17, 15) is 4.21 Å². The van der Waals surface area contributed by atoms with Gasteiger partial charge in [-0.1, -0.05) is 0 Å². The summed E-state index contributed by atoms with van der Waals surface area (Å²) in [4.78, 5) is 0.279. The highest BCUT2D eigenvalue weighted by atomic mass is 79.9. The Hall–Kier alpha value is -0.700. The Bertz CT molecular complexity index is 372. The summed E-state index contributed by atoms with van der Waals surface area (Å²) in [7, 11) is 0. The highest BCUT2D eigenvalue weighted by Gasteiger charge is 2.03. The average molecular weight is 246 g/mol. The average Bonchev–Trinajstić information content (AvgIpc) is 2.04. The maximum absolute atomic E-state index is 10.6. The van der Waals surface area contributed by atoms with Crippen molar-refractivity contribution in [3.63, 3.8) is 0 Å². The molecule has 0 aliphatic rings. The Labute approximate surface area is 80.4 Å². The van der Waals surface area contributed by atoms with Gasteiger partial charge in [-0.2, -0.15) is 5.26 Å². The molecule has 5 heteroatoms. The van der Waals surface area contributed by atoms with Crippen LogP contribution >= 0.6 is 15.9 Å². The van der Waals surface area contributed by atoms with Crippen LogP contribution in [0, 0.1) is 11.3 Å². The molecule has 1 rings (SSSR count). The van der Waals surface area contributed by atoms with Gasteiger partial charge in [0.1, 0.15) is 6.07 Å². The van der Waals surface area contributed by atoms with Crippen LogP contribution in [0.1, 0.15) is 5.56 Å². The molecular weight excluding hydrogens is 242 g/mol. The van der Waals surface area contributed by atoms with Crippen molar-refractivity contribution in [2.75, 3.05) is 0 Å². The second-order valence-corrected chi connectivity index (χ2v) is 3.83. The summed E-state index contributed by atoms with van der Waals surface area (Å²) >= 11 is 1.12. The van der Waals surface area contributed by atoms with Crippen LogP contribution in [-0.2, 0) is 11.1 Å². The van der Waals surface area contributed by atoms with Gasteiger partial charge in [0.2, 0.25) is 0 Å². The van der Waals surface area contributed by atoms with E-state index < -0.39 is 11.1 Å². The maximum Gasteiger partial charge on any atom is 0.186 e. The van der Waals surface area contributed by atoms with Gasteiger partial charge in [0, 0.05) is 4.47 Å². The quantitative estimate of drug-likeness (QED) is 0.770. The molecule has 0 aromatic heterocycles. The van der Waals surface area contributed by atoms with Gasteiger partial charge in [-0.15, -0.1) is 0 Å². The summed E-state index contributed by atoms with van der Waals surface area (Å²) in [5.41, 5.74) is 0.448. The molecule has 3 nitrogen and oxygen atoms in total. The van der Waals surface area contributed by atoms with Gasteiger partial charge in [0.05, 0.1) is 10.5 Å². The van der Waals surface area contributed by atoms with Crippen molar-refractivity contribution in [1.29, 1.82) is 5.26 Å². The minimum absolute atomic E-state index is 0.279. The first-order valence-corrected chi connectivity index (χ1v) is 4.85. The van der Waals surface area contributed by atoms with Crippen molar-refractivity contribution >= 4 is 27.0 Å². The molecule has 1 aromatic rings. The SMILES string of the molecule is N#Cc1ccc(S(=O)O)cc1Br. The smallest absolute Gasteiger partial charge is 0.186 e. The third-order valence-corrected chi connectivity index (χ3v) is 2.58. The van der Waals surface area contributed by atoms with Crippen LogP contribution in [0.3, 0.4) is 0 Å². The van der Waals surface area contributed by atoms with Gasteiger partial charge in [-0.25, -0.2) is 4.21 Å². The Morgan fingerprint density at radius 1 is 1.58 bits per heavy atom. The van der Waals surface area contributed by atoms with Crippen LogP contribution in [-0.4, -0.2) is 8.76 Å². The Morgan fingerprint density at radius 2 is 2.25 bits per heavy atom. The molecule has 1 unspecified atom stereocenters. The number of benzene rings is 1. The maximum atomic E-state index is 10.6. The Kier molecular flexibility index (Phi) is 2.98. The first-order chi connectivity index (χ1) is 5.65. The molecule has 0 saturated carbocycles. The molecule has 0 heterocycles. The van der Waals surface area contributed by atoms with Crippen LogP contribution in [0.15, 0.2) is 27.6 Å². The molecule has 1 aromatic carbocycles. The monoisotopic (exact) mass is 245 g/mol. The number of hydrogen-bond acceptors (Lipinski definition) is 2. The third kappa shape index (κ3) is 1.91. The predicted molar refractivity (Wildman–Crippen MR) is 47.9 cm³/mol. The van der Waals surface area contributed by atoms with E-state index in [0.717, 1.165) is 0 Å². The molecule has 0 saturated heterocycles. The minimum Gasteiger partial charge on any atom is -0.302 e. The summed E-state index contributed by atoms with van der Waals surface area (Å²) in [6, 6.07) is 6.32. The van der Waals surface area contributed by atoms with E-state index in [2.05, 4.69) is 15.9 Å². The van der Waals surface area contributed by atoms with E-state index in [-0.39, 0.29) is 4.90 Å². The summed E-state index contributed by atoms with van der Waals surface area (Å²) in [6.45, 7) is 0. The molecule has 0 bridgehead atoms. The van der Waals surface area contributed by atoms with E-state index in [1.165, 1.54) is 18.2 Å². The van der Waals surface area contributed by atoms with E-state index in [0.29, 0.717) is 10.0 Å². The van der Waals surface area contributed by atoms with Crippen molar-refractivity contribution in [1.82, 2.24) is 0 Å². The lowest BCUT2D eigenvalue weighted by Crippen LogP contribution is -1.88. The zero-order valence-corrected chi connectivity index (χ0v) is 8.22. The molecule has 1 atom stereocenters. The van der Waals surface area contributed by atoms with Gasteiger partial charge in [-0.3, -0.25) is 0 Å². The zero-order chi connectivity index (χ0) is 9.14. The molecule has 0 aliphatic heterocycles. The molecule has 12 heavy (non-hydrogen) atoms. The van der Waals surface area contributed by atoms with E-state index in [1.54, 1.807) is 0 Å². The van der Waals surface area contributed by atoms with Crippen molar-refractivity contribution in [2.24, 2.45) is 0 Å². The zero-order valence-electron chi connectivity index (χ0n) is 5.82. The predicted octanol–water partition coefficient (Wildman–Crippen LogP) is 1.90. The van der Waals surface area contributed by atoms with E-state index >= 15 is 0 Å². The van der Waals surface area contributed by atoms with Crippen molar-refractivity contribution < 1.29 is 8.76 Å². The lowest BCUT2D eigenvalue weighted by molar-refractivity contribution is 0.564. The highest BCUT2D eigenvalue weighted by molar-refractivity contribution is 9.10. The topological polar surface area (TPSA) is 61.1 Å². The largest absolute Gasteiger partial charge is 0.302 e. The lowest BCUT2D eigenvalue weighted by atomic mass is 10.2. The second-order valence-electron chi connectivity index (χ2n) is 2.00. The molecule has 0 aliphatic carbocycles. The fourth-order valence-corrected chi connectivity index (χ4v) is 1.72. The third-order valence-electron chi connectivity index (χ3n) is 1.26. The van der Waals surface area contributed by atoms with Gasteiger partial charge < -0.3 is 4.55 Å². The molecule has 0 fully saturated rings. The van der Waals surface area contributed by atoms with Gasteiger partial charge in [0.15, 0.2) is 11.1 Å². The number of hydrogen-bond donors (Lipinski definition) is 1. The van der Waals surface area contributed by atoms with E-state index in [1.807, 2.05) is 6.07 Å². The van der Waals surface area contributed by atoms with Crippen LogP contribution in [0.4, 0.5) is 0 Å². The van der Waals surface area contributed by atoms with Crippen molar-refractivity contribution in [3.8, 4) is 6.07 Å². The normalized spacial score (nSPS) is 12.1. The first-order valence-electron chi connectivity index (χ1n) is 2.95. The number of halogens is 1. The second kappa shape index (κ2) is 3.81. The summed E-state index contributed by atoms with van der Waals surface area (Å²) < 4.78 is 19.8. The molecule has 0 radical (unpaired) electrons. The minimum atomic E-state index is -1.99. The van der Waals surface area contributed by atoms with Crippen LogP contribution < -0.4 is 0 Å². The van der Waals surface area contributed by atoms with Crippen LogP contribution in [0.25, 0.3) is 0 Å². The molecule has 0 spiro atoms. The number of nitriles is 1. The van der Waals surface area contributed by atoms with Gasteiger partial charge in [-0.05, 0) is 34.1 Å². The molecule has 1 N–H and O–H groups in total. The summed E-state index contributed by atoms with van der Waals surface area (Å²) in [5, 5.41) is 8.53. The standard InChI is InChI=1S/C7H4BrNO2S/c8-7-3-6(12(10)11)2-1-5(7)4-9/h1-3H,(H,10,11). The Balaban J connectivity index is 3.21. The van der Waals surface area contributed by atoms with E-state index in [4.69, 9.17) is 9.81 Å². The van der Waals surface area contributed by atoms with Crippen molar-refractivity contribution in [3.05, 3.63) is 28.2 Å². The van der Waals surface area contributed by atoms with Gasteiger partial charge >= 0.3 is 0 Å². The number of rotatable bonds is 1. The van der Waals surface area contributed by atoms with Crippen molar-refractivity contribution in [2.45, 2.75) is 4.90 Å². The molecule has 62 valence electrons. The number of nitrogens with zero attached hydrogens (tertiary/aromatic N) is 1. The molecular formula is C7H4BrNO2S. The van der Waals surface area contributed by atoms with Crippen LogP contribution in [0.2, 0.25) is 0 Å². The molecule has 0 amide bonds. The fourth-order valence-electron chi connectivity index (χ4n) is 0.695. The van der Waals surface area contributed by atoms with Gasteiger partial charge in [0.25, 0.3) is 0 Å². The Morgan fingerprint density at radius 3 is 2.67 bits per heavy atom. The lowest BCUT2D eigenvalue weighted by Gasteiger charge is -1.96. The summed E-state index contributed by atoms with van der Waals surface area (Å²) in [5.74, 6) is 0. The highest BCUT2D eigenvalue weighted by Crippen LogP contribution is 2.18. The first kappa shape index (κ1) is 9.39. The summed E-state index contributed by atoms with van der Waals surface area (Å²) in [6.07, 6.45) is 0.